The minimum atomic E-state index is 0.166. The number of rotatable bonds is 6. The van der Waals surface area contributed by atoms with Crippen LogP contribution in [0.5, 0.6) is 0 Å². The van der Waals surface area contributed by atoms with E-state index in [1.165, 1.54) is 0 Å². The minimum absolute atomic E-state index is 0.166. The van der Waals surface area contributed by atoms with Gasteiger partial charge in [0.15, 0.2) is 0 Å². The van der Waals surface area contributed by atoms with E-state index in [1.807, 2.05) is 55.4 Å². The van der Waals surface area contributed by atoms with E-state index in [1.54, 1.807) is 14.2 Å². The Hall–Kier alpha value is -0.120. The molecular formula is C14H36O3. The van der Waals surface area contributed by atoms with Gasteiger partial charge in [-0.15, -0.1) is 0 Å². The van der Waals surface area contributed by atoms with Crippen LogP contribution in [0.2, 0.25) is 0 Å². The van der Waals surface area contributed by atoms with Crippen LogP contribution >= 0.6 is 0 Å². The van der Waals surface area contributed by atoms with E-state index in [9.17, 15) is 0 Å². The van der Waals surface area contributed by atoms with Crippen LogP contribution in [0.25, 0.3) is 0 Å². The van der Waals surface area contributed by atoms with Gasteiger partial charge in [0.1, 0.15) is 0 Å². The maximum absolute atomic E-state index is 5.29. The summed E-state index contributed by atoms with van der Waals surface area (Å²) >= 11 is 0. The lowest BCUT2D eigenvalue weighted by Gasteiger charge is -2.13. The van der Waals surface area contributed by atoms with E-state index in [4.69, 9.17) is 14.2 Å². The molecule has 0 radical (unpaired) electrons. The number of hydrogen-bond acceptors (Lipinski definition) is 3. The summed E-state index contributed by atoms with van der Waals surface area (Å²) in [5.41, 5.74) is 0. The molecule has 0 aromatic rings. The quantitative estimate of drug-likeness (QED) is 0.710. The van der Waals surface area contributed by atoms with Gasteiger partial charge in [0.2, 0.25) is 0 Å². The lowest BCUT2D eigenvalue weighted by molar-refractivity contribution is -0.0237. The van der Waals surface area contributed by atoms with Crippen LogP contribution < -0.4 is 0 Å². The molecule has 0 fully saturated rings. The van der Waals surface area contributed by atoms with Crippen LogP contribution in [-0.2, 0) is 14.2 Å². The fourth-order valence-electron chi connectivity index (χ4n) is 0.536. The summed E-state index contributed by atoms with van der Waals surface area (Å²) in [5, 5.41) is 0. The average Bonchev–Trinajstić information content (AvgIpc) is 2.44. The second kappa shape index (κ2) is 29.7. The Bertz CT molecular complexity index is 77.5. The first-order chi connectivity index (χ1) is 8.20. The van der Waals surface area contributed by atoms with Crippen LogP contribution in [0.15, 0.2) is 0 Å². The SMILES string of the molecule is CC.CC.CC.COC(C)COCC(C)OC. The van der Waals surface area contributed by atoms with Gasteiger partial charge in [-0.3, -0.25) is 0 Å². The van der Waals surface area contributed by atoms with Crippen molar-refractivity contribution in [3.8, 4) is 0 Å². The molecule has 0 bridgehead atoms. The molecule has 0 aliphatic heterocycles. The monoisotopic (exact) mass is 252 g/mol. The molecule has 110 valence electrons. The van der Waals surface area contributed by atoms with Crippen molar-refractivity contribution >= 4 is 0 Å². The summed E-state index contributed by atoms with van der Waals surface area (Å²) in [6.07, 6.45) is 0.332. The van der Waals surface area contributed by atoms with Crippen molar-refractivity contribution in [3.05, 3.63) is 0 Å². The molecule has 0 aromatic carbocycles. The Morgan fingerprint density at radius 2 is 0.882 bits per heavy atom. The first-order valence-corrected chi connectivity index (χ1v) is 6.84. The summed E-state index contributed by atoms with van der Waals surface area (Å²) in [4.78, 5) is 0. The lowest BCUT2D eigenvalue weighted by Crippen LogP contribution is -2.20. The predicted octanol–water partition coefficient (Wildman–Crippen LogP) is 4.15. The van der Waals surface area contributed by atoms with Crippen molar-refractivity contribution in [1.29, 1.82) is 0 Å². The van der Waals surface area contributed by atoms with E-state index in [-0.39, 0.29) is 12.2 Å². The summed E-state index contributed by atoms with van der Waals surface area (Å²) in [7, 11) is 3.35. The van der Waals surface area contributed by atoms with Crippen molar-refractivity contribution in [3.63, 3.8) is 0 Å². The average molecular weight is 252 g/mol. The fraction of sp³-hybridized carbons (Fsp3) is 1.00. The third-order valence-corrected chi connectivity index (χ3v) is 1.51. The first kappa shape index (κ1) is 25.7. The van der Waals surface area contributed by atoms with Crippen LogP contribution in [0.3, 0.4) is 0 Å². The number of ether oxygens (including phenoxy) is 3. The minimum Gasteiger partial charge on any atom is -0.379 e. The molecule has 3 nitrogen and oxygen atoms in total. The third kappa shape index (κ3) is 31.3. The molecule has 3 heteroatoms. The van der Waals surface area contributed by atoms with Crippen LogP contribution in [-0.4, -0.2) is 39.6 Å². The summed E-state index contributed by atoms with van der Waals surface area (Å²) in [6, 6.07) is 0. The second-order valence-electron chi connectivity index (χ2n) is 2.63. The molecule has 0 heterocycles. The molecule has 0 aliphatic rings. The van der Waals surface area contributed by atoms with Gasteiger partial charge in [-0.05, 0) is 13.8 Å². The van der Waals surface area contributed by atoms with Gasteiger partial charge < -0.3 is 14.2 Å². The summed E-state index contributed by atoms with van der Waals surface area (Å²) in [6.45, 7) is 17.2. The highest BCUT2D eigenvalue weighted by molar-refractivity contribution is 4.48. The molecule has 0 saturated carbocycles. The van der Waals surface area contributed by atoms with E-state index >= 15 is 0 Å². The number of methoxy groups -OCH3 is 2. The van der Waals surface area contributed by atoms with Crippen LogP contribution in [0.4, 0.5) is 0 Å². The Labute approximate surface area is 110 Å². The Kier molecular flexibility index (Phi) is 44.8. The highest BCUT2D eigenvalue weighted by atomic mass is 16.5. The lowest BCUT2D eigenvalue weighted by atomic mass is 10.4. The molecule has 0 spiro atoms. The standard InChI is InChI=1S/C8H18O3.3C2H6/c1-7(9-3)5-11-6-8(2)10-4;3*1-2/h7-8H,5-6H2,1-4H3;3*1-2H3. The predicted molar refractivity (Wildman–Crippen MR) is 77.8 cm³/mol. The topological polar surface area (TPSA) is 27.7 Å². The van der Waals surface area contributed by atoms with Gasteiger partial charge in [0.25, 0.3) is 0 Å². The summed E-state index contributed by atoms with van der Waals surface area (Å²) < 4.78 is 15.3. The van der Waals surface area contributed by atoms with E-state index < -0.39 is 0 Å². The van der Waals surface area contributed by atoms with Crippen molar-refractivity contribution in [2.24, 2.45) is 0 Å². The molecule has 0 amide bonds. The van der Waals surface area contributed by atoms with Gasteiger partial charge in [0.05, 0.1) is 25.4 Å². The zero-order chi connectivity index (χ0) is 14.7. The summed E-state index contributed by atoms with van der Waals surface area (Å²) in [5.74, 6) is 0. The van der Waals surface area contributed by atoms with Crippen molar-refractivity contribution < 1.29 is 14.2 Å². The van der Waals surface area contributed by atoms with Crippen molar-refractivity contribution in [2.75, 3.05) is 27.4 Å². The van der Waals surface area contributed by atoms with Gasteiger partial charge >= 0.3 is 0 Å². The molecule has 0 N–H and O–H groups in total. The molecule has 2 unspecified atom stereocenters. The molecule has 2 atom stereocenters. The zero-order valence-electron chi connectivity index (χ0n) is 13.8. The highest BCUT2D eigenvalue weighted by Gasteiger charge is 2.02. The Balaban J connectivity index is -0.000000121. The van der Waals surface area contributed by atoms with Gasteiger partial charge in [-0.1, -0.05) is 41.5 Å². The van der Waals surface area contributed by atoms with Crippen LogP contribution in [0, 0.1) is 0 Å². The van der Waals surface area contributed by atoms with Gasteiger partial charge in [-0.25, -0.2) is 0 Å². The van der Waals surface area contributed by atoms with E-state index in [0.29, 0.717) is 13.2 Å². The second-order valence-corrected chi connectivity index (χ2v) is 2.63. The third-order valence-electron chi connectivity index (χ3n) is 1.51. The Morgan fingerprint density at radius 3 is 1.06 bits per heavy atom. The van der Waals surface area contributed by atoms with Crippen LogP contribution in [0.1, 0.15) is 55.4 Å². The van der Waals surface area contributed by atoms with Gasteiger partial charge in [-0.2, -0.15) is 0 Å². The molecule has 0 rings (SSSR count). The van der Waals surface area contributed by atoms with E-state index in [0.717, 1.165) is 0 Å². The van der Waals surface area contributed by atoms with Gasteiger partial charge in [0, 0.05) is 14.2 Å². The molecule has 0 aliphatic carbocycles. The largest absolute Gasteiger partial charge is 0.379 e. The fourth-order valence-corrected chi connectivity index (χ4v) is 0.536. The molecule has 0 saturated heterocycles. The normalized spacial score (nSPS) is 11.6. The maximum atomic E-state index is 5.29. The first-order valence-electron chi connectivity index (χ1n) is 6.84. The highest BCUT2D eigenvalue weighted by Crippen LogP contribution is 1.92. The Morgan fingerprint density at radius 1 is 0.647 bits per heavy atom. The maximum Gasteiger partial charge on any atom is 0.0776 e. The number of hydrogen-bond donors (Lipinski definition) is 0. The molecule has 17 heavy (non-hydrogen) atoms. The molecule has 0 aromatic heterocycles. The van der Waals surface area contributed by atoms with Crippen molar-refractivity contribution in [1.82, 2.24) is 0 Å². The smallest absolute Gasteiger partial charge is 0.0776 e. The van der Waals surface area contributed by atoms with E-state index in [2.05, 4.69) is 0 Å². The zero-order valence-corrected chi connectivity index (χ0v) is 13.8. The van der Waals surface area contributed by atoms with Crippen molar-refractivity contribution in [2.45, 2.75) is 67.6 Å². The molecular weight excluding hydrogens is 216 g/mol.